The zero-order valence-electron chi connectivity index (χ0n) is 13.9. The molecule has 0 aliphatic carbocycles. The van der Waals surface area contributed by atoms with Crippen molar-refractivity contribution in [2.75, 3.05) is 31.5 Å². The van der Waals surface area contributed by atoms with Gasteiger partial charge in [0.05, 0.1) is 12.2 Å². The first-order valence-electron chi connectivity index (χ1n) is 8.01. The van der Waals surface area contributed by atoms with Crippen molar-refractivity contribution in [1.29, 1.82) is 0 Å². The number of rotatable bonds is 5. The van der Waals surface area contributed by atoms with Crippen molar-refractivity contribution in [3.05, 3.63) is 11.1 Å². The van der Waals surface area contributed by atoms with Gasteiger partial charge in [0, 0.05) is 17.8 Å². The fraction of sp³-hybridized carbons (Fsp3) is 0.600. The second-order valence-electron chi connectivity index (χ2n) is 5.74. The molecule has 0 unspecified atom stereocenters. The molecular weight excluding hydrogens is 330 g/mol. The number of carbonyl (C=O) groups excluding carboxylic acids is 3. The molecule has 24 heavy (non-hydrogen) atoms. The Balaban J connectivity index is 1.71. The molecule has 8 nitrogen and oxygen atoms in total. The average Bonchev–Trinajstić information content (AvgIpc) is 2.93. The molecule has 0 bridgehead atoms. The molecule has 9 heteroatoms. The molecule has 2 heterocycles. The Bertz CT molecular complexity index is 596. The summed E-state index contributed by atoms with van der Waals surface area (Å²) in [5.74, 6) is -0.421. The van der Waals surface area contributed by atoms with Crippen LogP contribution in [0.1, 0.15) is 25.5 Å². The van der Waals surface area contributed by atoms with Gasteiger partial charge < -0.3 is 10.6 Å². The number of urea groups is 1. The molecule has 4 amide bonds. The normalized spacial score (nSPS) is 15.8. The molecule has 3 N–H and O–H groups in total. The maximum Gasteiger partial charge on any atom is 0.321 e. The van der Waals surface area contributed by atoms with Gasteiger partial charge in [0.2, 0.25) is 11.8 Å². The minimum atomic E-state index is -0.476. The van der Waals surface area contributed by atoms with Gasteiger partial charge in [-0.1, -0.05) is 0 Å². The minimum Gasteiger partial charge on any atom is -0.338 e. The lowest BCUT2D eigenvalue weighted by Gasteiger charge is -2.30. The highest BCUT2D eigenvalue weighted by atomic mass is 32.1. The third-order valence-electron chi connectivity index (χ3n) is 3.77. The van der Waals surface area contributed by atoms with Crippen LogP contribution < -0.4 is 16.0 Å². The summed E-state index contributed by atoms with van der Waals surface area (Å²) in [5, 5.41) is 10.2. The van der Waals surface area contributed by atoms with E-state index in [2.05, 4.69) is 20.9 Å². The summed E-state index contributed by atoms with van der Waals surface area (Å²) in [6, 6.07) is -0.476. The smallest absolute Gasteiger partial charge is 0.321 e. The summed E-state index contributed by atoms with van der Waals surface area (Å²) >= 11 is 1.42. The number of anilines is 1. The van der Waals surface area contributed by atoms with Crippen molar-refractivity contribution in [2.45, 2.75) is 26.7 Å². The summed E-state index contributed by atoms with van der Waals surface area (Å²) in [4.78, 5) is 41.5. The molecule has 1 aromatic rings. The molecule has 1 aliphatic rings. The Morgan fingerprint density at radius 2 is 2.04 bits per heavy atom. The number of thiazole rings is 1. The maximum atomic E-state index is 12.2. The van der Waals surface area contributed by atoms with Gasteiger partial charge in [0.15, 0.2) is 5.13 Å². The summed E-state index contributed by atoms with van der Waals surface area (Å²) in [7, 11) is 0. The Hall–Kier alpha value is -2.00. The number of amides is 4. The number of likely N-dealkylation sites (tertiary alicyclic amines) is 1. The molecule has 1 aliphatic heterocycles. The van der Waals surface area contributed by atoms with Crippen LogP contribution in [0.3, 0.4) is 0 Å². The average molecular weight is 353 g/mol. The van der Waals surface area contributed by atoms with E-state index in [9.17, 15) is 14.4 Å². The van der Waals surface area contributed by atoms with Gasteiger partial charge in [-0.05, 0) is 39.8 Å². The lowest BCUT2D eigenvalue weighted by Crippen LogP contribution is -2.47. The number of nitrogens with one attached hydrogen (secondary N) is 3. The number of aryl methyl sites for hydroxylation is 1. The largest absolute Gasteiger partial charge is 0.338 e. The number of hydrogen-bond acceptors (Lipinski definition) is 6. The highest BCUT2D eigenvalue weighted by Gasteiger charge is 2.26. The fourth-order valence-electron chi connectivity index (χ4n) is 2.55. The van der Waals surface area contributed by atoms with E-state index in [1.807, 2.05) is 17.2 Å². The second kappa shape index (κ2) is 8.74. The van der Waals surface area contributed by atoms with Crippen LogP contribution in [0.15, 0.2) is 5.38 Å². The number of piperidine rings is 1. The molecule has 0 atom stereocenters. The third kappa shape index (κ3) is 5.57. The van der Waals surface area contributed by atoms with Crippen molar-refractivity contribution < 1.29 is 14.4 Å². The molecule has 0 radical (unpaired) electrons. The lowest BCUT2D eigenvalue weighted by molar-refractivity contribution is -0.122. The summed E-state index contributed by atoms with van der Waals surface area (Å²) in [6.45, 7) is 5.61. The zero-order valence-corrected chi connectivity index (χ0v) is 14.7. The number of carbonyl (C=O) groups is 3. The van der Waals surface area contributed by atoms with Gasteiger partial charge >= 0.3 is 6.03 Å². The van der Waals surface area contributed by atoms with Crippen LogP contribution in [0, 0.1) is 12.8 Å². The van der Waals surface area contributed by atoms with E-state index in [1.54, 1.807) is 6.92 Å². The van der Waals surface area contributed by atoms with Gasteiger partial charge in [0.25, 0.3) is 0 Å². The second-order valence-corrected chi connectivity index (χ2v) is 6.60. The minimum absolute atomic E-state index is 0.0178. The van der Waals surface area contributed by atoms with E-state index in [-0.39, 0.29) is 24.3 Å². The maximum absolute atomic E-state index is 12.2. The van der Waals surface area contributed by atoms with E-state index in [4.69, 9.17) is 0 Å². The topological polar surface area (TPSA) is 103 Å². The van der Waals surface area contributed by atoms with E-state index >= 15 is 0 Å². The number of imide groups is 1. The third-order valence-corrected chi connectivity index (χ3v) is 4.64. The molecule has 1 saturated heterocycles. The van der Waals surface area contributed by atoms with Gasteiger partial charge in [0.1, 0.15) is 0 Å². The van der Waals surface area contributed by atoms with Gasteiger partial charge in [-0.2, -0.15) is 0 Å². The van der Waals surface area contributed by atoms with Crippen LogP contribution >= 0.6 is 11.3 Å². The molecular formula is C15H23N5O3S. The zero-order chi connectivity index (χ0) is 17.5. The van der Waals surface area contributed by atoms with Crippen molar-refractivity contribution in [1.82, 2.24) is 20.5 Å². The Morgan fingerprint density at radius 1 is 1.33 bits per heavy atom. The predicted octanol–water partition coefficient (Wildman–Crippen LogP) is 0.948. The van der Waals surface area contributed by atoms with E-state index in [0.717, 1.165) is 5.69 Å². The Labute approximate surface area is 145 Å². The van der Waals surface area contributed by atoms with E-state index < -0.39 is 6.03 Å². The van der Waals surface area contributed by atoms with Crippen molar-refractivity contribution >= 4 is 34.3 Å². The van der Waals surface area contributed by atoms with Gasteiger partial charge in [-0.25, -0.2) is 9.78 Å². The Kier molecular flexibility index (Phi) is 6.68. The van der Waals surface area contributed by atoms with Crippen LogP contribution in [0.4, 0.5) is 9.93 Å². The number of nitrogens with zero attached hydrogens (tertiary/aromatic N) is 2. The number of hydrogen-bond donors (Lipinski definition) is 3. The van der Waals surface area contributed by atoms with Crippen molar-refractivity contribution in [3.8, 4) is 0 Å². The van der Waals surface area contributed by atoms with Crippen LogP contribution in [-0.2, 0) is 9.59 Å². The molecule has 0 aromatic carbocycles. The van der Waals surface area contributed by atoms with Crippen molar-refractivity contribution in [2.24, 2.45) is 5.92 Å². The quantitative estimate of drug-likeness (QED) is 0.731. The van der Waals surface area contributed by atoms with Gasteiger partial charge in [-0.15, -0.1) is 11.3 Å². The molecule has 2 rings (SSSR count). The summed E-state index contributed by atoms with van der Waals surface area (Å²) in [6.07, 6.45) is 1.37. The monoisotopic (exact) mass is 353 g/mol. The first-order chi connectivity index (χ1) is 11.5. The van der Waals surface area contributed by atoms with Crippen LogP contribution in [0.25, 0.3) is 0 Å². The van der Waals surface area contributed by atoms with Crippen molar-refractivity contribution in [3.63, 3.8) is 0 Å². The van der Waals surface area contributed by atoms with Crippen LogP contribution in [-0.4, -0.2) is 53.9 Å². The summed E-state index contributed by atoms with van der Waals surface area (Å²) < 4.78 is 0. The number of aromatic nitrogens is 1. The van der Waals surface area contributed by atoms with Crippen LogP contribution in [0.2, 0.25) is 0 Å². The summed E-state index contributed by atoms with van der Waals surface area (Å²) in [5.41, 5.74) is 0.892. The first-order valence-corrected chi connectivity index (χ1v) is 8.89. The highest BCUT2D eigenvalue weighted by molar-refractivity contribution is 7.13. The van der Waals surface area contributed by atoms with Gasteiger partial charge in [-0.3, -0.25) is 19.8 Å². The SMILES string of the molecule is CCNC(=O)NC(=O)CN1CCC(C(=O)Nc2nc(C)cs2)CC1. The van der Waals surface area contributed by atoms with E-state index in [1.165, 1.54) is 11.3 Å². The molecule has 1 fully saturated rings. The Morgan fingerprint density at radius 3 is 2.62 bits per heavy atom. The van der Waals surface area contributed by atoms with E-state index in [0.29, 0.717) is 37.6 Å². The standard InChI is InChI=1S/C15H23N5O3S/c1-3-16-14(23)18-12(21)8-20-6-4-11(5-7-20)13(22)19-15-17-10(2)9-24-15/h9,11H,3-8H2,1-2H3,(H,17,19,22)(H2,16,18,21,23). The van der Waals surface area contributed by atoms with Crippen LogP contribution in [0.5, 0.6) is 0 Å². The molecule has 0 saturated carbocycles. The molecule has 1 aromatic heterocycles. The lowest BCUT2D eigenvalue weighted by atomic mass is 9.96. The predicted molar refractivity (Wildman–Crippen MR) is 91.9 cm³/mol. The highest BCUT2D eigenvalue weighted by Crippen LogP contribution is 2.21. The molecule has 132 valence electrons. The fourth-order valence-corrected chi connectivity index (χ4v) is 3.24. The molecule has 0 spiro atoms. The first kappa shape index (κ1) is 18.3.